The van der Waals surface area contributed by atoms with E-state index < -0.39 is 0 Å². The lowest BCUT2D eigenvalue weighted by molar-refractivity contribution is 0.377. The van der Waals surface area contributed by atoms with Crippen LogP contribution >= 0.6 is 0 Å². The molecule has 0 aliphatic carbocycles. The SMILES string of the molecule is Cc1ccc2[nH]cc(CC3CCCNC3)c2c1. The average molecular weight is 228 g/mol. The Morgan fingerprint density at radius 3 is 3.12 bits per heavy atom. The summed E-state index contributed by atoms with van der Waals surface area (Å²) in [5, 5.41) is 4.91. The van der Waals surface area contributed by atoms with Gasteiger partial charge in [0.05, 0.1) is 0 Å². The van der Waals surface area contributed by atoms with E-state index in [1.165, 1.54) is 54.4 Å². The molecule has 2 nitrogen and oxygen atoms in total. The first kappa shape index (κ1) is 10.8. The number of fused-ring (bicyclic) bond motifs is 1. The Bertz CT molecular complexity index is 507. The summed E-state index contributed by atoms with van der Waals surface area (Å²) in [4.78, 5) is 3.38. The second-order valence-corrected chi connectivity index (χ2v) is 5.28. The molecule has 1 saturated heterocycles. The highest BCUT2D eigenvalue weighted by Gasteiger charge is 2.15. The first-order valence-corrected chi connectivity index (χ1v) is 6.60. The lowest BCUT2D eigenvalue weighted by atomic mass is 9.92. The molecule has 1 atom stereocenters. The van der Waals surface area contributed by atoms with E-state index in [9.17, 15) is 0 Å². The van der Waals surface area contributed by atoms with Crippen molar-refractivity contribution >= 4 is 10.9 Å². The van der Waals surface area contributed by atoms with Crippen molar-refractivity contribution in [3.63, 3.8) is 0 Å². The first-order chi connectivity index (χ1) is 8.33. The topological polar surface area (TPSA) is 27.8 Å². The highest BCUT2D eigenvalue weighted by atomic mass is 14.9. The van der Waals surface area contributed by atoms with Gasteiger partial charge in [-0.05, 0) is 62.9 Å². The molecule has 2 aromatic rings. The molecular formula is C15H20N2. The van der Waals surface area contributed by atoms with Gasteiger partial charge in [0.15, 0.2) is 0 Å². The Morgan fingerprint density at radius 1 is 1.35 bits per heavy atom. The van der Waals surface area contributed by atoms with Crippen LogP contribution in [0.15, 0.2) is 24.4 Å². The van der Waals surface area contributed by atoms with Gasteiger partial charge < -0.3 is 10.3 Å². The summed E-state index contributed by atoms with van der Waals surface area (Å²) in [6.45, 7) is 4.54. The molecule has 2 N–H and O–H groups in total. The molecule has 1 aromatic heterocycles. The van der Waals surface area contributed by atoms with Crippen LogP contribution in [0.4, 0.5) is 0 Å². The zero-order chi connectivity index (χ0) is 11.7. The van der Waals surface area contributed by atoms with Crippen LogP contribution in [0.1, 0.15) is 24.0 Å². The second-order valence-electron chi connectivity index (χ2n) is 5.28. The minimum Gasteiger partial charge on any atom is -0.361 e. The fourth-order valence-corrected chi connectivity index (χ4v) is 2.87. The van der Waals surface area contributed by atoms with E-state index in [1.54, 1.807) is 0 Å². The summed E-state index contributed by atoms with van der Waals surface area (Å²) < 4.78 is 0. The van der Waals surface area contributed by atoms with E-state index in [4.69, 9.17) is 0 Å². The molecule has 0 saturated carbocycles. The van der Waals surface area contributed by atoms with Gasteiger partial charge in [0.2, 0.25) is 0 Å². The van der Waals surface area contributed by atoms with Gasteiger partial charge in [0.25, 0.3) is 0 Å². The van der Waals surface area contributed by atoms with Gasteiger partial charge in [0, 0.05) is 17.1 Å². The van der Waals surface area contributed by atoms with E-state index in [0.29, 0.717) is 0 Å². The Morgan fingerprint density at radius 2 is 2.29 bits per heavy atom. The van der Waals surface area contributed by atoms with Crippen molar-refractivity contribution in [2.45, 2.75) is 26.2 Å². The number of aromatic amines is 1. The van der Waals surface area contributed by atoms with Crippen molar-refractivity contribution in [3.8, 4) is 0 Å². The van der Waals surface area contributed by atoms with Crippen LogP contribution in [0.3, 0.4) is 0 Å². The minimum absolute atomic E-state index is 0.809. The van der Waals surface area contributed by atoms with Crippen molar-refractivity contribution in [3.05, 3.63) is 35.5 Å². The zero-order valence-electron chi connectivity index (χ0n) is 10.4. The number of nitrogens with one attached hydrogen (secondary N) is 2. The van der Waals surface area contributed by atoms with Gasteiger partial charge >= 0.3 is 0 Å². The second kappa shape index (κ2) is 4.53. The molecule has 2 heterocycles. The van der Waals surface area contributed by atoms with Crippen molar-refractivity contribution in [2.24, 2.45) is 5.92 Å². The summed E-state index contributed by atoms with van der Waals surface area (Å²) in [5.41, 5.74) is 4.10. The molecule has 1 aliphatic heterocycles. The smallest absolute Gasteiger partial charge is 0.0456 e. The number of hydrogen-bond acceptors (Lipinski definition) is 1. The van der Waals surface area contributed by atoms with Crippen LogP contribution in [-0.4, -0.2) is 18.1 Å². The van der Waals surface area contributed by atoms with Gasteiger partial charge in [0.1, 0.15) is 0 Å². The molecule has 0 radical (unpaired) electrons. The monoisotopic (exact) mass is 228 g/mol. The summed E-state index contributed by atoms with van der Waals surface area (Å²) in [6, 6.07) is 6.66. The van der Waals surface area contributed by atoms with E-state index >= 15 is 0 Å². The summed E-state index contributed by atoms with van der Waals surface area (Å²) >= 11 is 0. The number of piperidine rings is 1. The van der Waals surface area contributed by atoms with Crippen molar-refractivity contribution in [1.82, 2.24) is 10.3 Å². The van der Waals surface area contributed by atoms with Crippen LogP contribution in [0.25, 0.3) is 10.9 Å². The fraction of sp³-hybridized carbons (Fsp3) is 0.467. The Balaban J connectivity index is 1.86. The van der Waals surface area contributed by atoms with Gasteiger partial charge in [-0.15, -0.1) is 0 Å². The Labute approximate surface area is 102 Å². The number of aromatic nitrogens is 1. The maximum atomic E-state index is 3.50. The third-order valence-electron chi connectivity index (χ3n) is 3.83. The predicted molar refractivity (Wildman–Crippen MR) is 72.3 cm³/mol. The summed E-state index contributed by atoms with van der Waals surface area (Å²) in [7, 11) is 0. The number of benzene rings is 1. The number of hydrogen-bond donors (Lipinski definition) is 2. The average Bonchev–Trinajstić information content (AvgIpc) is 2.73. The molecule has 0 amide bonds. The van der Waals surface area contributed by atoms with Crippen LogP contribution in [0, 0.1) is 12.8 Å². The predicted octanol–water partition coefficient (Wildman–Crippen LogP) is 3.02. The number of H-pyrrole nitrogens is 1. The first-order valence-electron chi connectivity index (χ1n) is 6.60. The molecule has 17 heavy (non-hydrogen) atoms. The highest BCUT2D eigenvalue weighted by Crippen LogP contribution is 2.24. The molecule has 1 aromatic carbocycles. The lowest BCUT2D eigenvalue weighted by Gasteiger charge is -2.22. The molecule has 3 rings (SSSR count). The molecule has 1 fully saturated rings. The molecular weight excluding hydrogens is 208 g/mol. The maximum Gasteiger partial charge on any atom is 0.0456 e. The van der Waals surface area contributed by atoms with Crippen LogP contribution < -0.4 is 5.32 Å². The lowest BCUT2D eigenvalue weighted by Crippen LogP contribution is -2.30. The summed E-state index contributed by atoms with van der Waals surface area (Å²) in [5.74, 6) is 0.809. The number of aryl methyl sites for hydroxylation is 1. The van der Waals surface area contributed by atoms with Crippen LogP contribution in [0.2, 0.25) is 0 Å². The quantitative estimate of drug-likeness (QED) is 0.812. The van der Waals surface area contributed by atoms with Gasteiger partial charge in [-0.25, -0.2) is 0 Å². The Kier molecular flexibility index (Phi) is 2.89. The molecule has 2 heteroatoms. The Hall–Kier alpha value is -1.28. The van der Waals surface area contributed by atoms with E-state index in [2.05, 4.69) is 41.6 Å². The van der Waals surface area contributed by atoms with Gasteiger partial charge in [-0.2, -0.15) is 0 Å². The molecule has 0 bridgehead atoms. The molecule has 0 spiro atoms. The largest absolute Gasteiger partial charge is 0.361 e. The highest BCUT2D eigenvalue weighted by molar-refractivity contribution is 5.83. The maximum absolute atomic E-state index is 3.50. The van der Waals surface area contributed by atoms with Crippen molar-refractivity contribution in [1.29, 1.82) is 0 Å². The normalized spacial score (nSPS) is 20.9. The number of rotatable bonds is 2. The standard InChI is InChI=1S/C15H20N2/c1-11-4-5-15-14(7-11)13(10-17-15)8-12-3-2-6-16-9-12/h4-5,7,10,12,16-17H,2-3,6,8-9H2,1H3. The molecule has 90 valence electrons. The van der Waals surface area contributed by atoms with Crippen molar-refractivity contribution < 1.29 is 0 Å². The minimum atomic E-state index is 0.809. The third kappa shape index (κ3) is 2.22. The fourth-order valence-electron chi connectivity index (χ4n) is 2.87. The summed E-state index contributed by atoms with van der Waals surface area (Å²) in [6.07, 6.45) is 6.09. The van der Waals surface area contributed by atoms with Gasteiger partial charge in [-0.3, -0.25) is 0 Å². The van der Waals surface area contributed by atoms with E-state index in [1.807, 2.05) is 0 Å². The van der Waals surface area contributed by atoms with Crippen LogP contribution in [0.5, 0.6) is 0 Å². The molecule has 1 unspecified atom stereocenters. The van der Waals surface area contributed by atoms with Crippen LogP contribution in [-0.2, 0) is 6.42 Å². The van der Waals surface area contributed by atoms with Gasteiger partial charge in [-0.1, -0.05) is 11.6 Å². The van der Waals surface area contributed by atoms with E-state index in [0.717, 1.165) is 5.92 Å². The van der Waals surface area contributed by atoms with E-state index in [-0.39, 0.29) is 0 Å². The zero-order valence-corrected chi connectivity index (χ0v) is 10.4. The third-order valence-corrected chi connectivity index (χ3v) is 3.83. The molecule has 1 aliphatic rings. The van der Waals surface area contributed by atoms with Crippen molar-refractivity contribution in [2.75, 3.05) is 13.1 Å².